The zero-order valence-corrected chi connectivity index (χ0v) is 18.6. The highest BCUT2D eigenvalue weighted by Gasteiger charge is 2.42. The molecule has 0 aromatic heterocycles. The molecule has 0 amide bonds. The van der Waals surface area contributed by atoms with Gasteiger partial charge in [-0.2, -0.15) is 0 Å². The third-order valence-corrected chi connectivity index (χ3v) is 6.32. The average Bonchev–Trinajstić information content (AvgIpc) is 3.36. The Balaban J connectivity index is 1.70. The molecule has 0 atom stereocenters. The molecule has 168 valence electrons. The Hall–Kier alpha value is -4.45. The minimum absolute atomic E-state index is 0.120. The lowest BCUT2D eigenvalue weighted by atomic mass is 9.75. The average molecular weight is 450 g/mol. The number of hydrogen-bond acceptors (Lipinski definition) is 6. The molecule has 0 aliphatic carbocycles. The number of anilines is 2. The molecule has 0 bridgehead atoms. The van der Waals surface area contributed by atoms with Crippen LogP contribution >= 0.6 is 0 Å². The van der Waals surface area contributed by atoms with E-state index in [0.717, 1.165) is 22.4 Å². The van der Waals surface area contributed by atoms with E-state index in [1.165, 1.54) is 0 Å². The van der Waals surface area contributed by atoms with Gasteiger partial charge in [0.15, 0.2) is 11.5 Å². The van der Waals surface area contributed by atoms with Crippen molar-refractivity contribution in [3.8, 4) is 17.2 Å². The second-order valence-corrected chi connectivity index (χ2v) is 8.18. The predicted octanol–water partition coefficient (Wildman–Crippen LogP) is 5.17. The molecule has 3 N–H and O–H groups in total. The minimum atomic E-state index is -0.798. The number of nitrogens with zero attached hydrogens (tertiary/aromatic N) is 1. The first-order valence-electron chi connectivity index (χ1n) is 11.1. The van der Waals surface area contributed by atoms with Gasteiger partial charge in [-0.25, -0.2) is 4.99 Å². The van der Waals surface area contributed by atoms with E-state index in [0.29, 0.717) is 34.3 Å². The lowest BCUT2D eigenvalue weighted by molar-refractivity contribution is 0.171. The fourth-order valence-electron chi connectivity index (χ4n) is 4.85. The lowest BCUT2D eigenvalue weighted by Crippen LogP contribution is -2.36. The molecule has 34 heavy (non-hydrogen) atoms. The number of nitrogens with two attached hydrogens (primary N) is 1. The topological polar surface area (TPSA) is 78.1 Å². The maximum absolute atomic E-state index is 6.55. The van der Waals surface area contributed by atoms with Gasteiger partial charge in [0.25, 0.3) is 0 Å². The van der Waals surface area contributed by atoms with Gasteiger partial charge in [-0.15, -0.1) is 0 Å². The van der Waals surface area contributed by atoms with Crippen LogP contribution in [0.15, 0.2) is 96.0 Å². The number of hydrogen-bond donors (Lipinski definition) is 2. The molecule has 0 spiro atoms. The number of methoxy groups -OCH3 is 1. The van der Waals surface area contributed by atoms with E-state index in [1.54, 1.807) is 13.2 Å². The fourth-order valence-corrected chi connectivity index (χ4v) is 4.85. The van der Waals surface area contributed by atoms with Crippen molar-refractivity contribution in [1.29, 1.82) is 0 Å². The van der Waals surface area contributed by atoms with Crippen LogP contribution < -0.4 is 25.3 Å². The maximum atomic E-state index is 6.55. The highest BCUT2D eigenvalue weighted by Crippen LogP contribution is 2.50. The van der Waals surface area contributed by atoms with E-state index in [-0.39, 0.29) is 6.79 Å². The molecular weight excluding hydrogens is 426 g/mol. The van der Waals surface area contributed by atoms with E-state index in [9.17, 15) is 0 Å². The van der Waals surface area contributed by atoms with Crippen molar-refractivity contribution in [3.63, 3.8) is 0 Å². The summed E-state index contributed by atoms with van der Waals surface area (Å²) in [6, 6.07) is 30.6. The van der Waals surface area contributed by atoms with Crippen LogP contribution in [0.1, 0.15) is 22.3 Å². The quantitative estimate of drug-likeness (QED) is 0.420. The first kappa shape index (κ1) is 20.2. The Morgan fingerprint density at radius 3 is 2.21 bits per heavy atom. The van der Waals surface area contributed by atoms with Crippen molar-refractivity contribution in [1.82, 2.24) is 0 Å². The maximum Gasteiger partial charge on any atom is 0.231 e. The molecule has 2 aliphatic rings. The Labute approximate surface area is 197 Å². The molecule has 6 heteroatoms. The number of nitrogens with one attached hydrogen (secondary N) is 1. The van der Waals surface area contributed by atoms with E-state index in [4.69, 9.17) is 24.9 Å². The summed E-state index contributed by atoms with van der Waals surface area (Å²) in [5.74, 6) is 2.18. The number of nitrogen functional groups attached to an aromatic ring is 1. The van der Waals surface area contributed by atoms with Crippen molar-refractivity contribution in [2.45, 2.75) is 5.54 Å². The molecule has 0 saturated heterocycles. The number of amidine groups is 1. The second kappa shape index (κ2) is 7.85. The molecule has 6 rings (SSSR count). The van der Waals surface area contributed by atoms with Crippen molar-refractivity contribution < 1.29 is 14.2 Å². The first-order valence-corrected chi connectivity index (χ1v) is 11.1. The van der Waals surface area contributed by atoms with E-state index >= 15 is 0 Å². The molecule has 0 radical (unpaired) electrons. The van der Waals surface area contributed by atoms with E-state index < -0.39 is 5.54 Å². The number of benzene rings is 4. The number of aliphatic imine (C=N–C) groups is 1. The summed E-state index contributed by atoms with van der Waals surface area (Å²) >= 11 is 0. The number of rotatable bonds is 4. The Bertz CT molecular complexity index is 1360. The van der Waals surface area contributed by atoms with Crippen LogP contribution in [0.4, 0.5) is 11.4 Å². The Kier molecular flexibility index (Phi) is 4.66. The molecular formula is C28H23N3O3. The van der Waals surface area contributed by atoms with Gasteiger partial charge in [0.1, 0.15) is 11.4 Å². The SMILES string of the molecule is COc1c2c(cc(N)c1C1=NC(c3ccccc3)(c3ccccc3)c3ccccc3N1)OCO2. The Morgan fingerprint density at radius 1 is 0.882 bits per heavy atom. The highest BCUT2D eigenvalue weighted by molar-refractivity contribution is 6.16. The van der Waals surface area contributed by atoms with Crippen molar-refractivity contribution in [2.24, 2.45) is 4.99 Å². The largest absolute Gasteiger partial charge is 0.492 e. The minimum Gasteiger partial charge on any atom is -0.492 e. The van der Waals surface area contributed by atoms with Gasteiger partial charge in [-0.05, 0) is 17.2 Å². The molecule has 2 aliphatic heterocycles. The monoisotopic (exact) mass is 449 g/mol. The van der Waals surface area contributed by atoms with E-state index in [1.807, 2.05) is 48.5 Å². The summed E-state index contributed by atoms with van der Waals surface area (Å²) in [5.41, 5.74) is 11.0. The van der Waals surface area contributed by atoms with Crippen LogP contribution in [0.3, 0.4) is 0 Å². The summed E-state index contributed by atoms with van der Waals surface area (Å²) in [6.07, 6.45) is 0. The van der Waals surface area contributed by atoms with Crippen LogP contribution in [-0.2, 0) is 5.54 Å². The smallest absolute Gasteiger partial charge is 0.231 e. The second-order valence-electron chi connectivity index (χ2n) is 8.18. The third-order valence-electron chi connectivity index (χ3n) is 6.32. The summed E-state index contributed by atoms with van der Waals surface area (Å²) < 4.78 is 17.1. The lowest BCUT2D eigenvalue weighted by Gasteiger charge is -2.38. The number of para-hydroxylation sites is 1. The molecule has 4 aromatic carbocycles. The summed E-state index contributed by atoms with van der Waals surface area (Å²) in [6.45, 7) is 0.120. The summed E-state index contributed by atoms with van der Waals surface area (Å²) in [4.78, 5) is 5.41. The van der Waals surface area contributed by atoms with Crippen molar-refractivity contribution in [2.75, 3.05) is 25.0 Å². The van der Waals surface area contributed by atoms with Crippen LogP contribution in [-0.4, -0.2) is 19.7 Å². The van der Waals surface area contributed by atoms with Crippen LogP contribution in [0, 0.1) is 0 Å². The fraction of sp³-hybridized carbons (Fsp3) is 0.107. The first-order chi connectivity index (χ1) is 16.7. The van der Waals surface area contributed by atoms with Gasteiger partial charge in [-0.3, -0.25) is 0 Å². The molecule has 0 saturated carbocycles. The summed E-state index contributed by atoms with van der Waals surface area (Å²) in [7, 11) is 1.60. The zero-order valence-electron chi connectivity index (χ0n) is 18.6. The van der Waals surface area contributed by atoms with Gasteiger partial charge in [0.05, 0.1) is 18.4 Å². The highest BCUT2D eigenvalue weighted by atomic mass is 16.7. The van der Waals surface area contributed by atoms with Gasteiger partial charge < -0.3 is 25.3 Å². The van der Waals surface area contributed by atoms with Crippen molar-refractivity contribution in [3.05, 3.63) is 113 Å². The van der Waals surface area contributed by atoms with Crippen molar-refractivity contribution >= 4 is 17.2 Å². The van der Waals surface area contributed by atoms with E-state index in [2.05, 4.69) is 41.7 Å². The van der Waals surface area contributed by atoms with Crippen LogP contribution in [0.5, 0.6) is 17.2 Å². The molecule has 6 nitrogen and oxygen atoms in total. The zero-order chi connectivity index (χ0) is 23.1. The molecule has 4 aromatic rings. The molecule has 0 unspecified atom stereocenters. The normalized spacial score (nSPS) is 15.1. The molecule has 2 heterocycles. The van der Waals surface area contributed by atoms with Gasteiger partial charge >= 0.3 is 0 Å². The number of ether oxygens (including phenoxy) is 3. The predicted molar refractivity (Wildman–Crippen MR) is 133 cm³/mol. The van der Waals surface area contributed by atoms with Gasteiger partial charge in [0.2, 0.25) is 12.5 Å². The van der Waals surface area contributed by atoms with Gasteiger partial charge in [0, 0.05) is 17.3 Å². The molecule has 0 fully saturated rings. The van der Waals surface area contributed by atoms with Crippen LogP contribution in [0.25, 0.3) is 0 Å². The number of fused-ring (bicyclic) bond motifs is 2. The standard InChI is InChI=1S/C28H23N3O3/c1-32-26-24(21(29)16-23-25(26)34-17-33-23)27-30-22-15-9-8-14-20(22)28(31-27,18-10-4-2-5-11-18)19-12-6-3-7-13-19/h2-16H,17,29H2,1H3,(H,30,31). The van der Waals surface area contributed by atoms with Gasteiger partial charge in [-0.1, -0.05) is 78.9 Å². The Morgan fingerprint density at radius 2 is 1.53 bits per heavy atom. The third kappa shape index (κ3) is 2.92. The van der Waals surface area contributed by atoms with Crippen LogP contribution in [0.2, 0.25) is 0 Å². The summed E-state index contributed by atoms with van der Waals surface area (Å²) in [5, 5.41) is 3.51.